The fraction of sp³-hybridized carbons (Fsp3) is 0.562. The summed E-state index contributed by atoms with van der Waals surface area (Å²) in [6.45, 7) is 3.22. The van der Waals surface area contributed by atoms with Gasteiger partial charge in [0.25, 0.3) is 0 Å². The fourth-order valence-corrected chi connectivity index (χ4v) is 3.16. The van der Waals surface area contributed by atoms with E-state index in [1.54, 1.807) is 0 Å². The van der Waals surface area contributed by atoms with Crippen molar-refractivity contribution in [2.24, 2.45) is 5.92 Å². The Hall–Kier alpha value is -1.03. The first-order valence-corrected chi connectivity index (χ1v) is 8.20. The Kier molecular flexibility index (Phi) is 5.89. The number of anilines is 1. The summed E-state index contributed by atoms with van der Waals surface area (Å²) < 4.78 is 5.91. The van der Waals surface area contributed by atoms with E-state index in [-0.39, 0.29) is 5.97 Å². The number of hydrogen-bond donors (Lipinski definition) is 1. The first-order chi connectivity index (χ1) is 9.70. The van der Waals surface area contributed by atoms with Crippen LogP contribution in [0.25, 0.3) is 0 Å². The van der Waals surface area contributed by atoms with E-state index in [0.717, 1.165) is 22.6 Å². The number of benzene rings is 1. The molecule has 0 aliphatic heterocycles. The van der Waals surface area contributed by atoms with Crippen molar-refractivity contribution in [2.75, 3.05) is 18.5 Å². The van der Waals surface area contributed by atoms with Gasteiger partial charge in [-0.05, 0) is 59.8 Å². The highest BCUT2D eigenvalue weighted by molar-refractivity contribution is 9.10. The van der Waals surface area contributed by atoms with Crippen LogP contribution in [0.5, 0.6) is 0 Å². The highest BCUT2D eigenvalue weighted by Gasteiger charge is 2.14. The highest BCUT2D eigenvalue weighted by Crippen LogP contribution is 2.27. The fourth-order valence-electron chi connectivity index (χ4n) is 2.65. The Labute approximate surface area is 129 Å². The average molecular weight is 340 g/mol. The van der Waals surface area contributed by atoms with Gasteiger partial charge in [0.05, 0.1) is 12.2 Å². The van der Waals surface area contributed by atoms with Crippen LogP contribution in [0.15, 0.2) is 22.7 Å². The maximum Gasteiger partial charge on any atom is 0.338 e. The van der Waals surface area contributed by atoms with Crippen LogP contribution in [0.4, 0.5) is 5.69 Å². The Morgan fingerprint density at radius 1 is 1.35 bits per heavy atom. The van der Waals surface area contributed by atoms with Crippen LogP contribution < -0.4 is 5.32 Å². The molecule has 20 heavy (non-hydrogen) atoms. The predicted octanol–water partition coefficient (Wildman–Crippen LogP) is 4.62. The molecule has 1 aliphatic carbocycles. The van der Waals surface area contributed by atoms with Crippen LogP contribution >= 0.6 is 15.9 Å². The van der Waals surface area contributed by atoms with Crippen LogP contribution in [0, 0.1) is 5.92 Å². The van der Waals surface area contributed by atoms with Gasteiger partial charge < -0.3 is 10.1 Å². The van der Waals surface area contributed by atoms with Crippen LogP contribution in [0.1, 0.15) is 49.4 Å². The van der Waals surface area contributed by atoms with Gasteiger partial charge in [-0.25, -0.2) is 4.79 Å². The van der Waals surface area contributed by atoms with Crippen molar-refractivity contribution in [2.45, 2.75) is 39.0 Å². The maximum atomic E-state index is 11.6. The van der Waals surface area contributed by atoms with E-state index in [9.17, 15) is 4.79 Å². The summed E-state index contributed by atoms with van der Waals surface area (Å²) in [4.78, 5) is 11.6. The van der Waals surface area contributed by atoms with Crippen molar-refractivity contribution < 1.29 is 9.53 Å². The van der Waals surface area contributed by atoms with Gasteiger partial charge in [-0.1, -0.05) is 19.3 Å². The van der Waals surface area contributed by atoms with Crippen LogP contribution in [-0.4, -0.2) is 19.1 Å². The van der Waals surface area contributed by atoms with Crippen LogP contribution in [-0.2, 0) is 4.74 Å². The summed E-state index contributed by atoms with van der Waals surface area (Å²) in [7, 11) is 0. The molecule has 2 rings (SSSR count). The summed E-state index contributed by atoms with van der Waals surface area (Å²) in [5.41, 5.74) is 1.63. The molecule has 4 heteroatoms. The van der Waals surface area contributed by atoms with Gasteiger partial charge in [0.1, 0.15) is 0 Å². The number of carbonyl (C=O) groups excluding carboxylic acids is 1. The minimum atomic E-state index is -0.271. The van der Waals surface area contributed by atoms with Gasteiger partial charge in [0.2, 0.25) is 0 Å². The molecule has 0 atom stereocenters. The van der Waals surface area contributed by atoms with E-state index in [1.807, 2.05) is 25.1 Å². The molecule has 0 spiro atoms. The topological polar surface area (TPSA) is 38.3 Å². The maximum absolute atomic E-state index is 11.6. The largest absolute Gasteiger partial charge is 0.462 e. The summed E-state index contributed by atoms with van der Waals surface area (Å²) in [5.74, 6) is 0.507. The van der Waals surface area contributed by atoms with E-state index in [4.69, 9.17) is 4.74 Å². The summed E-state index contributed by atoms with van der Waals surface area (Å²) in [6.07, 6.45) is 6.75. The molecule has 0 heterocycles. The first kappa shape index (κ1) is 15.4. The molecule has 1 aromatic carbocycles. The molecule has 0 aromatic heterocycles. The molecule has 0 saturated heterocycles. The average Bonchev–Trinajstić information content (AvgIpc) is 2.47. The summed E-state index contributed by atoms with van der Waals surface area (Å²) >= 11 is 3.52. The van der Waals surface area contributed by atoms with Crippen molar-refractivity contribution >= 4 is 27.6 Å². The molecular weight excluding hydrogens is 318 g/mol. The minimum absolute atomic E-state index is 0.271. The quantitative estimate of drug-likeness (QED) is 0.795. The molecule has 0 bridgehead atoms. The zero-order chi connectivity index (χ0) is 14.4. The Morgan fingerprint density at radius 3 is 2.75 bits per heavy atom. The van der Waals surface area contributed by atoms with Gasteiger partial charge in [0.15, 0.2) is 0 Å². The third kappa shape index (κ3) is 4.23. The number of nitrogens with one attached hydrogen (secondary N) is 1. The van der Waals surface area contributed by atoms with E-state index in [1.165, 1.54) is 32.1 Å². The smallest absolute Gasteiger partial charge is 0.338 e. The molecule has 1 aromatic rings. The van der Waals surface area contributed by atoms with E-state index < -0.39 is 0 Å². The Bertz CT molecular complexity index is 456. The first-order valence-electron chi connectivity index (χ1n) is 7.41. The number of carbonyl (C=O) groups is 1. The molecule has 1 fully saturated rings. The zero-order valence-electron chi connectivity index (χ0n) is 12.0. The molecule has 1 N–H and O–H groups in total. The third-order valence-electron chi connectivity index (χ3n) is 3.79. The number of halogens is 1. The van der Waals surface area contributed by atoms with Gasteiger partial charge in [0, 0.05) is 16.7 Å². The molecule has 0 unspecified atom stereocenters. The van der Waals surface area contributed by atoms with Gasteiger partial charge >= 0.3 is 5.97 Å². The summed E-state index contributed by atoms with van der Waals surface area (Å²) in [6, 6.07) is 5.58. The van der Waals surface area contributed by atoms with Crippen LogP contribution in [0.3, 0.4) is 0 Å². The highest BCUT2D eigenvalue weighted by atomic mass is 79.9. The number of ether oxygens (including phenoxy) is 1. The molecule has 110 valence electrons. The monoisotopic (exact) mass is 339 g/mol. The number of rotatable bonds is 5. The van der Waals surface area contributed by atoms with Gasteiger partial charge in [-0.15, -0.1) is 0 Å². The third-order valence-corrected chi connectivity index (χ3v) is 4.44. The zero-order valence-corrected chi connectivity index (χ0v) is 13.5. The van der Waals surface area contributed by atoms with E-state index in [0.29, 0.717) is 12.2 Å². The Balaban J connectivity index is 1.93. The van der Waals surface area contributed by atoms with Crippen molar-refractivity contribution in [3.8, 4) is 0 Å². The second kappa shape index (κ2) is 7.67. The molecule has 1 aliphatic rings. The SMILES string of the molecule is CCOC(=O)c1ccc(NCC2CCCCC2)c(Br)c1. The lowest BCUT2D eigenvalue weighted by Crippen LogP contribution is -2.17. The second-order valence-electron chi connectivity index (χ2n) is 5.30. The van der Waals surface area contributed by atoms with Crippen molar-refractivity contribution in [3.63, 3.8) is 0 Å². The predicted molar refractivity (Wildman–Crippen MR) is 85.2 cm³/mol. The molecule has 3 nitrogen and oxygen atoms in total. The van der Waals surface area contributed by atoms with Gasteiger partial charge in [-0.2, -0.15) is 0 Å². The lowest BCUT2D eigenvalue weighted by Gasteiger charge is -2.22. The Morgan fingerprint density at radius 2 is 2.10 bits per heavy atom. The normalized spacial score (nSPS) is 15.9. The van der Waals surface area contributed by atoms with Crippen molar-refractivity contribution in [1.29, 1.82) is 0 Å². The van der Waals surface area contributed by atoms with Crippen molar-refractivity contribution in [3.05, 3.63) is 28.2 Å². The lowest BCUT2D eigenvalue weighted by molar-refractivity contribution is 0.0526. The minimum Gasteiger partial charge on any atom is -0.462 e. The van der Waals surface area contributed by atoms with Crippen molar-refractivity contribution in [1.82, 2.24) is 0 Å². The number of hydrogen-bond acceptors (Lipinski definition) is 3. The molecule has 0 amide bonds. The van der Waals surface area contributed by atoms with E-state index in [2.05, 4.69) is 21.2 Å². The van der Waals surface area contributed by atoms with Gasteiger partial charge in [-0.3, -0.25) is 0 Å². The standard InChI is InChI=1S/C16H22BrNO2/c1-2-20-16(19)13-8-9-15(14(17)10-13)18-11-12-6-4-3-5-7-12/h8-10,12,18H,2-7,11H2,1H3. The summed E-state index contributed by atoms with van der Waals surface area (Å²) in [5, 5.41) is 3.48. The molecular formula is C16H22BrNO2. The van der Waals surface area contributed by atoms with E-state index >= 15 is 0 Å². The second-order valence-corrected chi connectivity index (χ2v) is 6.15. The molecule has 1 saturated carbocycles. The lowest BCUT2D eigenvalue weighted by atomic mass is 9.89. The number of esters is 1. The van der Waals surface area contributed by atoms with Crippen LogP contribution in [0.2, 0.25) is 0 Å². The molecule has 0 radical (unpaired) electrons.